The first-order chi connectivity index (χ1) is 18.9. The van der Waals surface area contributed by atoms with Crippen molar-refractivity contribution in [3.63, 3.8) is 0 Å². The number of nitrogens with zero attached hydrogens (tertiary/aromatic N) is 2. The Kier molecular flexibility index (Phi) is 10.9. The first-order valence-electron chi connectivity index (χ1n) is 12.8. The Labute approximate surface area is 251 Å². The molecule has 2 amide bonds. The van der Waals surface area contributed by atoms with Gasteiger partial charge in [0, 0.05) is 18.1 Å². The molecule has 0 spiro atoms. The summed E-state index contributed by atoms with van der Waals surface area (Å²) in [6.45, 7) is 7.05. The highest BCUT2D eigenvalue weighted by atomic mass is 35.5. The summed E-state index contributed by atoms with van der Waals surface area (Å²) in [6.07, 6.45) is 0.306. The van der Waals surface area contributed by atoms with E-state index in [2.05, 4.69) is 5.32 Å². The molecule has 0 radical (unpaired) electrons. The number of carbonyl (C=O) groups is 2. The summed E-state index contributed by atoms with van der Waals surface area (Å²) in [6, 6.07) is 15.3. The van der Waals surface area contributed by atoms with Crippen molar-refractivity contribution in [2.45, 2.75) is 51.6 Å². The number of anilines is 1. The normalized spacial score (nSPS) is 12.1. The van der Waals surface area contributed by atoms with Crippen molar-refractivity contribution in [3.05, 3.63) is 92.4 Å². The maximum absolute atomic E-state index is 14.0. The van der Waals surface area contributed by atoms with Crippen LogP contribution in [-0.2, 0) is 26.2 Å². The molecule has 0 unspecified atom stereocenters. The van der Waals surface area contributed by atoms with E-state index >= 15 is 0 Å². The van der Waals surface area contributed by atoms with E-state index in [9.17, 15) is 18.0 Å². The average molecular weight is 625 g/mol. The van der Waals surface area contributed by atoms with E-state index in [1.165, 1.54) is 23.1 Å². The molecule has 0 aliphatic rings. The van der Waals surface area contributed by atoms with Crippen molar-refractivity contribution in [1.82, 2.24) is 10.2 Å². The molecular formula is C29H32Cl3N3O4S. The molecule has 11 heteroatoms. The van der Waals surface area contributed by atoms with Gasteiger partial charge in [-0.1, -0.05) is 71.6 Å². The van der Waals surface area contributed by atoms with Crippen LogP contribution in [0.15, 0.2) is 65.6 Å². The largest absolute Gasteiger partial charge is 0.355 e. The fourth-order valence-electron chi connectivity index (χ4n) is 4.15. The monoisotopic (exact) mass is 623 g/mol. The predicted octanol–water partition coefficient (Wildman–Crippen LogP) is 6.40. The highest BCUT2D eigenvalue weighted by Crippen LogP contribution is 2.29. The van der Waals surface area contributed by atoms with Crippen LogP contribution in [0.4, 0.5) is 5.69 Å². The molecule has 3 aromatic carbocycles. The SMILES string of the molecule is CCNC(=O)[C@@H](CC)N(Cc1ccc(Cl)c(Cl)c1)C(=O)CN(c1ccc(C)c(Cl)c1)S(=O)(=O)c1ccc(C)cc1. The highest BCUT2D eigenvalue weighted by Gasteiger charge is 2.33. The van der Waals surface area contributed by atoms with E-state index in [4.69, 9.17) is 34.8 Å². The van der Waals surface area contributed by atoms with Gasteiger partial charge in [-0.25, -0.2) is 8.42 Å². The Morgan fingerprint density at radius 3 is 2.12 bits per heavy atom. The van der Waals surface area contributed by atoms with E-state index in [0.29, 0.717) is 33.6 Å². The van der Waals surface area contributed by atoms with Crippen LogP contribution >= 0.6 is 34.8 Å². The number of hydrogen-bond acceptors (Lipinski definition) is 4. The van der Waals surface area contributed by atoms with Crippen LogP contribution in [0.3, 0.4) is 0 Å². The molecule has 7 nitrogen and oxygen atoms in total. The molecule has 0 aliphatic carbocycles. The molecule has 0 aromatic heterocycles. The summed E-state index contributed by atoms with van der Waals surface area (Å²) < 4.78 is 28.9. The molecule has 1 N–H and O–H groups in total. The number of nitrogens with one attached hydrogen (secondary N) is 1. The van der Waals surface area contributed by atoms with Gasteiger partial charge in [-0.15, -0.1) is 0 Å². The lowest BCUT2D eigenvalue weighted by atomic mass is 10.1. The van der Waals surface area contributed by atoms with Crippen molar-refractivity contribution in [3.8, 4) is 0 Å². The standard InChI is InChI=1S/C29H32Cl3N3O4S/c1-5-27(29(37)33-6-2)34(17-21-10-14-24(30)26(32)15-21)28(36)18-35(22-11-9-20(4)25(31)16-22)40(38,39)23-12-7-19(3)8-13-23/h7-16,27H,5-6,17-18H2,1-4H3,(H,33,37)/t27-/m1/s1. The molecular weight excluding hydrogens is 593 g/mol. The van der Waals surface area contributed by atoms with Crippen LogP contribution in [0.1, 0.15) is 37.0 Å². The van der Waals surface area contributed by atoms with Crippen molar-refractivity contribution >= 4 is 62.3 Å². The third-order valence-electron chi connectivity index (χ3n) is 6.41. The van der Waals surface area contributed by atoms with Crippen LogP contribution in [0.25, 0.3) is 0 Å². The van der Waals surface area contributed by atoms with Crippen LogP contribution in [0, 0.1) is 13.8 Å². The Hall–Kier alpha value is -2.78. The topological polar surface area (TPSA) is 86.8 Å². The molecule has 3 rings (SSSR count). The molecule has 0 saturated carbocycles. The van der Waals surface area contributed by atoms with Crippen LogP contribution < -0.4 is 9.62 Å². The zero-order chi connectivity index (χ0) is 29.6. The Balaban J connectivity index is 2.09. The summed E-state index contributed by atoms with van der Waals surface area (Å²) in [4.78, 5) is 28.4. The quantitative estimate of drug-likeness (QED) is 0.267. The summed E-state index contributed by atoms with van der Waals surface area (Å²) >= 11 is 18.7. The number of amides is 2. The van der Waals surface area contributed by atoms with Crippen LogP contribution in [-0.4, -0.2) is 44.3 Å². The van der Waals surface area contributed by atoms with E-state index in [1.807, 2.05) is 6.92 Å². The second-order valence-electron chi connectivity index (χ2n) is 9.35. The number of carbonyl (C=O) groups excluding carboxylic acids is 2. The van der Waals surface area contributed by atoms with Crippen molar-refractivity contribution < 1.29 is 18.0 Å². The molecule has 0 fully saturated rings. The van der Waals surface area contributed by atoms with Gasteiger partial charge in [-0.2, -0.15) is 0 Å². The van der Waals surface area contributed by atoms with E-state index < -0.39 is 28.5 Å². The number of aryl methyl sites for hydroxylation is 2. The van der Waals surface area contributed by atoms with Gasteiger partial charge in [0.05, 0.1) is 20.6 Å². The minimum atomic E-state index is -4.19. The smallest absolute Gasteiger partial charge is 0.264 e. The minimum absolute atomic E-state index is 0.0123. The Bertz CT molecular complexity index is 1480. The van der Waals surface area contributed by atoms with Gasteiger partial charge in [-0.3, -0.25) is 13.9 Å². The van der Waals surface area contributed by atoms with Gasteiger partial charge < -0.3 is 10.2 Å². The summed E-state index contributed by atoms with van der Waals surface area (Å²) in [7, 11) is -4.19. The Morgan fingerprint density at radius 2 is 1.55 bits per heavy atom. The number of benzene rings is 3. The van der Waals surface area contributed by atoms with Gasteiger partial charge in [0.2, 0.25) is 11.8 Å². The second-order valence-corrected chi connectivity index (χ2v) is 12.4. The third-order valence-corrected chi connectivity index (χ3v) is 9.34. The van der Waals surface area contributed by atoms with E-state index in [0.717, 1.165) is 15.4 Å². The zero-order valence-corrected chi connectivity index (χ0v) is 25.8. The maximum Gasteiger partial charge on any atom is 0.264 e. The number of sulfonamides is 1. The van der Waals surface area contributed by atoms with E-state index in [-0.39, 0.29) is 23.0 Å². The molecule has 0 aliphatic heterocycles. The van der Waals surface area contributed by atoms with Crippen molar-refractivity contribution in [2.24, 2.45) is 0 Å². The first-order valence-corrected chi connectivity index (χ1v) is 15.3. The lowest BCUT2D eigenvalue weighted by molar-refractivity contribution is -0.140. The highest BCUT2D eigenvalue weighted by molar-refractivity contribution is 7.92. The lowest BCUT2D eigenvalue weighted by Crippen LogP contribution is -2.52. The number of halogens is 3. The van der Waals surface area contributed by atoms with Gasteiger partial charge in [0.15, 0.2) is 0 Å². The third kappa shape index (κ3) is 7.49. The first kappa shape index (κ1) is 31.7. The second kappa shape index (κ2) is 13.7. The summed E-state index contributed by atoms with van der Waals surface area (Å²) in [5, 5.41) is 3.78. The average Bonchev–Trinajstić information content (AvgIpc) is 2.91. The van der Waals surface area contributed by atoms with Crippen molar-refractivity contribution in [1.29, 1.82) is 0 Å². The number of rotatable bonds is 11. The van der Waals surface area contributed by atoms with E-state index in [1.54, 1.807) is 63.2 Å². The van der Waals surface area contributed by atoms with Gasteiger partial charge in [0.25, 0.3) is 10.0 Å². The zero-order valence-electron chi connectivity index (χ0n) is 22.7. The minimum Gasteiger partial charge on any atom is -0.355 e. The van der Waals surface area contributed by atoms with Crippen LogP contribution in [0.2, 0.25) is 15.1 Å². The fraction of sp³-hybridized carbons (Fsp3) is 0.310. The van der Waals surface area contributed by atoms with Gasteiger partial charge in [-0.05, 0) is 74.7 Å². The molecule has 0 saturated heterocycles. The maximum atomic E-state index is 14.0. The van der Waals surface area contributed by atoms with Crippen LogP contribution in [0.5, 0.6) is 0 Å². The number of likely N-dealkylation sites (N-methyl/N-ethyl adjacent to an activating group) is 1. The van der Waals surface area contributed by atoms with Crippen molar-refractivity contribution in [2.75, 3.05) is 17.4 Å². The Morgan fingerprint density at radius 1 is 0.875 bits per heavy atom. The molecule has 1 atom stereocenters. The van der Waals surface area contributed by atoms with Gasteiger partial charge in [0.1, 0.15) is 12.6 Å². The predicted molar refractivity (Wildman–Crippen MR) is 162 cm³/mol. The molecule has 40 heavy (non-hydrogen) atoms. The molecule has 0 bridgehead atoms. The molecule has 214 valence electrons. The fourth-order valence-corrected chi connectivity index (χ4v) is 6.05. The summed E-state index contributed by atoms with van der Waals surface area (Å²) in [5.41, 5.74) is 2.51. The molecule has 3 aromatic rings. The lowest BCUT2D eigenvalue weighted by Gasteiger charge is -2.33. The molecule has 0 heterocycles. The van der Waals surface area contributed by atoms with Gasteiger partial charge >= 0.3 is 0 Å². The summed E-state index contributed by atoms with van der Waals surface area (Å²) in [5.74, 6) is -0.915. The number of hydrogen-bond donors (Lipinski definition) is 1.